The van der Waals surface area contributed by atoms with E-state index in [1.165, 1.54) is 71.4 Å². The van der Waals surface area contributed by atoms with Crippen molar-refractivity contribution in [2.75, 3.05) is 46.3 Å². The summed E-state index contributed by atoms with van der Waals surface area (Å²) in [5, 5.41) is 3.43. The minimum atomic E-state index is 0.748. The quantitative estimate of drug-likeness (QED) is 0.778. The van der Waals surface area contributed by atoms with Crippen LogP contribution in [0.25, 0.3) is 0 Å². The molecule has 0 aromatic rings. The van der Waals surface area contributed by atoms with Crippen LogP contribution in [0.4, 0.5) is 0 Å². The first-order chi connectivity index (χ1) is 8.75. The first kappa shape index (κ1) is 14.3. The van der Waals surface area contributed by atoms with Gasteiger partial charge >= 0.3 is 0 Å². The largest absolute Gasteiger partial charge is 0.314 e. The van der Waals surface area contributed by atoms with Gasteiger partial charge in [0.15, 0.2) is 0 Å². The lowest BCUT2D eigenvalue weighted by atomic mass is 10.1. The van der Waals surface area contributed by atoms with Crippen molar-refractivity contribution in [3.05, 3.63) is 0 Å². The third kappa shape index (κ3) is 4.52. The molecule has 2 fully saturated rings. The molecule has 1 atom stereocenters. The summed E-state index contributed by atoms with van der Waals surface area (Å²) >= 11 is 0. The lowest BCUT2D eigenvalue weighted by Gasteiger charge is -2.33. The first-order valence-electron chi connectivity index (χ1n) is 7.89. The first-order valence-corrected chi connectivity index (χ1v) is 7.89. The van der Waals surface area contributed by atoms with Crippen molar-refractivity contribution in [2.45, 2.75) is 45.1 Å². The number of hydrogen-bond acceptors (Lipinski definition) is 3. The van der Waals surface area contributed by atoms with E-state index >= 15 is 0 Å². The predicted molar refractivity (Wildman–Crippen MR) is 78.0 cm³/mol. The van der Waals surface area contributed by atoms with Crippen LogP contribution in [0.3, 0.4) is 0 Å². The molecule has 0 aromatic carbocycles. The molecule has 3 heteroatoms. The predicted octanol–water partition coefficient (Wildman–Crippen LogP) is 1.79. The van der Waals surface area contributed by atoms with Gasteiger partial charge < -0.3 is 10.2 Å². The van der Waals surface area contributed by atoms with Crippen molar-refractivity contribution in [1.29, 1.82) is 0 Å². The van der Waals surface area contributed by atoms with E-state index in [1.807, 2.05) is 0 Å². The molecular formula is C15H31N3. The van der Waals surface area contributed by atoms with Crippen molar-refractivity contribution >= 4 is 0 Å². The zero-order chi connectivity index (χ0) is 12.8. The summed E-state index contributed by atoms with van der Waals surface area (Å²) in [6.07, 6.45) is 7.20. The number of piperazine rings is 1. The van der Waals surface area contributed by atoms with Crippen molar-refractivity contribution in [2.24, 2.45) is 5.92 Å². The molecular weight excluding hydrogens is 222 g/mol. The number of nitrogens with one attached hydrogen (secondary N) is 1. The molecule has 2 rings (SSSR count). The molecule has 1 N–H and O–H groups in total. The molecule has 0 spiro atoms. The molecule has 1 heterocycles. The standard InChI is InChI=1S/C15H31N3/c1-14(18-11-8-16-9-12-18)7-10-17(2)13-15-5-3-4-6-15/h14-16H,3-13H2,1-2H3. The number of rotatable bonds is 6. The lowest BCUT2D eigenvalue weighted by molar-refractivity contribution is 0.159. The molecule has 3 nitrogen and oxygen atoms in total. The number of hydrogen-bond donors (Lipinski definition) is 1. The molecule has 1 saturated carbocycles. The fourth-order valence-electron chi connectivity index (χ4n) is 3.44. The molecule has 0 bridgehead atoms. The second-order valence-corrected chi connectivity index (χ2v) is 6.34. The van der Waals surface area contributed by atoms with Gasteiger partial charge in [-0.3, -0.25) is 4.90 Å². The van der Waals surface area contributed by atoms with E-state index in [4.69, 9.17) is 0 Å². The molecule has 106 valence electrons. The Kier molecular flexibility index (Phi) is 5.93. The molecule has 2 aliphatic rings. The van der Waals surface area contributed by atoms with Gasteiger partial charge in [-0.1, -0.05) is 12.8 Å². The van der Waals surface area contributed by atoms with Gasteiger partial charge in [-0.05, 0) is 45.7 Å². The average molecular weight is 253 g/mol. The smallest absolute Gasteiger partial charge is 0.0110 e. The zero-order valence-corrected chi connectivity index (χ0v) is 12.3. The van der Waals surface area contributed by atoms with Crippen LogP contribution in [0, 0.1) is 5.92 Å². The van der Waals surface area contributed by atoms with Gasteiger partial charge in [-0.15, -0.1) is 0 Å². The van der Waals surface area contributed by atoms with Gasteiger partial charge in [0.1, 0.15) is 0 Å². The highest BCUT2D eigenvalue weighted by Crippen LogP contribution is 2.25. The lowest BCUT2D eigenvalue weighted by Crippen LogP contribution is -2.48. The highest BCUT2D eigenvalue weighted by Gasteiger charge is 2.19. The van der Waals surface area contributed by atoms with Crippen LogP contribution in [-0.2, 0) is 0 Å². The summed E-state index contributed by atoms with van der Waals surface area (Å²) in [5.41, 5.74) is 0. The molecule has 1 saturated heterocycles. The van der Waals surface area contributed by atoms with Crippen LogP contribution in [0.15, 0.2) is 0 Å². The van der Waals surface area contributed by atoms with E-state index in [2.05, 4.69) is 29.1 Å². The van der Waals surface area contributed by atoms with Crippen LogP contribution < -0.4 is 5.32 Å². The second-order valence-electron chi connectivity index (χ2n) is 6.34. The maximum Gasteiger partial charge on any atom is 0.0110 e. The van der Waals surface area contributed by atoms with Crippen LogP contribution in [-0.4, -0.2) is 62.2 Å². The van der Waals surface area contributed by atoms with E-state index in [-0.39, 0.29) is 0 Å². The summed E-state index contributed by atoms with van der Waals surface area (Å²) < 4.78 is 0. The molecule has 0 aromatic heterocycles. The molecule has 0 radical (unpaired) electrons. The van der Waals surface area contributed by atoms with Crippen molar-refractivity contribution in [1.82, 2.24) is 15.1 Å². The van der Waals surface area contributed by atoms with Crippen LogP contribution >= 0.6 is 0 Å². The van der Waals surface area contributed by atoms with Crippen LogP contribution in [0.1, 0.15) is 39.0 Å². The van der Waals surface area contributed by atoms with E-state index in [1.54, 1.807) is 0 Å². The van der Waals surface area contributed by atoms with Crippen molar-refractivity contribution in [3.8, 4) is 0 Å². The highest BCUT2D eigenvalue weighted by atomic mass is 15.2. The van der Waals surface area contributed by atoms with E-state index in [9.17, 15) is 0 Å². The van der Waals surface area contributed by atoms with Gasteiger partial charge in [0.2, 0.25) is 0 Å². The summed E-state index contributed by atoms with van der Waals surface area (Å²) in [4.78, 5) is 5.20. The van der Waals surface area contributed by atoms with Crippen molar-refractivity contribution in [3.63, 3.8) is 0 Å². The number of nitrogens with zero attached hydrogens (tertiary/aromatic N) is 2. The van der Waals surface area contributed by atoms with Crippen molar-refractivity contribution < 1.29 is 0 Å². The molecule has 1 aliphatic carbocycles. The van der Waals surface area contributed by atoms with E-state index in [0.717, 1.165) is 12.0 Å². The fraction of sp³-hybridized carbons (Fsp3) is 1.00. The fourth-order valence-corrected chi connectivity index (χ4v) is 3.44. The SMILES string of the molecule is CC(CCN(C)CC1CCCC1)N1CCNCC1. The minimum absolute atomic E-state index is 0.748. The van der Waals surface area contributed by atoms with Crippen LogP contribution in [0.2, 0.25) is 0 Å². The van der Waals surface area contributed by atoms with Gasteiger partial charge in [0, 0.05) is 38.8 Å². The summed E-state index contributed by atoms with van der Waals surface area (Å²) in [6.45, 7) is 9.79. The van der Waals surface area contributed by atoms with Crippen LogP contribution in [0.5, 0.6) is 0 Å². The summed E-state index contributed by atoms with van der Waals surface area (Å²) in [7, 11) is 2.31. The Hall–Kier alpha value is -0.120. The molecule has 1 unspecified atom stereocenters. The monoisotopic (exact) mass is 253 g/mol. The second kappa shape index (κ2) is 7.46. The molecule has 18 heavy (non-hydrogen) atoms. The summed E-state index contributed by atoms with van der Waals surface area (Å²) in [6, 6.07) is 0.748. The highest BCUT2D eigenvalue weighted by molar-refractivity contribution is 4.75. The van der Waals surface area contributed by atoms with E-state index in [0.29, 0.717) is 0 Å². The zero-order valence-electron chi connectivity index (χ0n) is 12.3. The third-order valence-corrected chi connectivity index (χ3v) is 4.75. The maximum absolute atomic E-state index is 3.43. The Bertz CT molecular complexity index is 220. The molecule has 1 aliphatic heterocycles. The molecule has 0 amide bonds. The maximum atomic E-state index is 3.43. The van der Waals surface area contributed by atoms with Gasteiger partial charge in [-0.2, -0.15) is 0 Å². The Morgan fingerprint density at radius 1 is 1.22 bits per heavy atom. The third-order valence-electron chi connectivity index (χ3n) is 4.75. The van der Waals surface area contributed by atoms with Gasteiger partial charge in [0.25, 0.3) is 0 Å². The Morgan fingerprint density at radius 3 is 2.56 bits per heavy atom. The Labute approximate surface area is 113 Å². The van der Waals surface area contributed by atoms with Gasteiger partial charge in [0.05, 0.1) is 0 Å². The normalized spacial score (nSPS) is 24.8. The Balaban J connectivity index is 1.60. The minimum Gasteiger partial charge on any atom is -0.314 e. The topological polar surface area (TPSA) is 18.5 Å². The van der Waals surface area contributed by atoms with Gasteiger partial charge in [-0.25, -0.2) is 0 Å². The summed E-state index contributed by atoms with van der Waals surface area (Å²) in [5.74, 6) is 0.990. The van der Waals surface area contributed by atoms with E-state index < -0.39 is 0 Å². The average Bonchev–Trinajstić information content (AvgIpc) is 2.90. The Morgan fingerprint density at radius 2 is 1.89 bits per heavy atom.